The zero-order valence-electron chi connectivity index (χ0n) is 10.4. The predicted molar refractivity (Wildman–Crippen MR) is 66.4 cm³/mol. The van der Waals surface area contributed by atoms with E-state index in [9.17, 15) is 9.90 Å². The monoisotopic (exact) mass is 233 g/mol. The zero-order chi connectivity index (χ0) is 12.5. The molecule has 2 rings (SSSR count). The number of rotatable bonds is 4. The second-order valence-electron chi connectivity index (χ2n) is 5.09. The van der Waals surface area contributed by atoms with Gasteiger partial charge < -0.3 is 10.0 Å². The minimum Gasteiger partial charge on any atom is -0.395 e. The quantitative estimate of drug-likeness (QED) is 0.860. The van der Waals surface area contributed by atoms with E-state index in [0.29, 0.717) is 6.54 Å². The van der Waals surface area contributed by atoms with Crippen LogP contribution in [0.1, 0.15) is 24.0 Å². The number of aliphatic hydroxyl groups excluding tert-OH is 1. The fourth-order valence-electron chi connectivity index (χ4n) is 2.15. The fraction of sp³-hybridized carbons (Fsp3) is 0.500. The maximum atomic E-state index is 12.1. The highest BCUT2D eigenvalue weighted by Gasteiger charge is 2.50. The second kappa shape index (κ2) is 4.49. The zero-order valence-corrected chi connectivity index (χ0v) is 10.4. The van der Waals surface area contributed by atoms with Gasteiger partial charge in [-0.05, 0) is 25.3 Å². The van der Waals surface area contributed by atoms with Crippen LogP contribution in [0.5, 0.6) is 0 Å². The lowest BCUT2D eigenvalue weighted by atomic mass is 10.1. The number of amides is 1. The highest BCUT2D eigenvalue weighted by atomic mass is 16.3. The van der Waals surface area contributed by atoms with E-state index >= 15 is 0 Å². The van der Waals surface area contributed by atoms with Crippen molar-refractivity contribution in [3.05, 3.63) is 35.4 Å². The molecule has 3 nitrogen and oxygen atoms in total. The first kappa shape index (κ1) is 12.1. The Bertz CT molecular complexity index is 424. The molecular weight excluding hydrogens is 214 g/mol. The summed E-state index contributed by atoms with van der Waals surface area (Å²) in [6.45, 7) is 2.63. The van der Waals surface area contributed by atoms with E-state index in [2.05, 4.69) is 6.07 Å². The Labute approximate surface area is 102 Å². The van der Waals surface area contributed by atoms with Crippen molar-refractivity contribution in [2.24, 2.45) is 5.41 Å². The molecular formula is C14H19NO2. The Morgan fingerprint density at radius 2 is 2.18 bits per heavy atom. The SMILES string of the molecule is Cc1cccc(CN(C)C(=O)C2(CO)CC2)c1. The molecule has 1 aliphatic rings. The van der Waals surface area contributed by atoms with Gasteiger partial charge in [0.1, 0.15) is 0 Å². The van der Waals surface area contributed by atoms with Crippen LogP contribution in [0.15, 0.2) is 24.3 Å². The van der Waals surface area contributed by atoms with Crippen LogP contribution in [0.25, 0.3) is 0 Å². The summed E-state index contributed by atoms with van der Waals surface area (Å²) < 4.78 is 0. The Balaban J connectivity index is 2.02. The second-order valence-corrected chi connectivity index (χ2v) is 5.09. The van der Waals surface area contributed by atoms with Crippen LogP contribution in [0.4, 0.5) is 0 Å². The van der Waals surface area contributed by atoms with Gasteiger partial charge in [0.15, 0.2) is 0 Å². The lowest BCUT2D eigenvalue weighted by Crippen LogP contribution is -2.35. The van der Waals surface area contributed by atoms with Crippen molar-refractivity contribution in [1.82, 2.24) is 4.90 Å². The van der Waals surface area contributed by atoms with Gasteiger partial charge in [-0.15, -0.1) is 0 Å². The summed E-state index contributed by atoms with van der Waals surface area (Å²) in [5, 5.41) is 9.24. The molecule has 1 aliphatic carbocycles. The van der Waals surface area contributed by atoms with E-state index in [1.165, 1.54) is 5.56 Å². The van der Waals surface area contributed by atoms with Crippen molar-refractivity contribution in [3.8, 4) is 0 Å². The molecule has 1 saturated carbocycles. The third kappa shape index (κ3) is 2.50. The molecule has 1 fully saturated rings. The van der Waals surface area contributed by atoms with Crippen molar-refractivity contribution in [2.45, 2.75) is 26.3 Å². The highest BCUT2D eigenvalue weighted by molar-refractivity contribution is 5.85. The number of hydrogen-bond donors (Lipinski definition) is 1. The normalized spacial score (nSPS) is 16.6. The number of benzene rings is 1. The number of carbonyl (C=O) groups is 1. The molecule has 1 amide bonds. The molecule has 92 valence electrons. The predicted octanol–water partition coefficient (Wildman–Crippen LogP) is 1.73. The molecule has 0 atom stereocenters. The first-order valence-corrected chi connectivity index (χ1v) is 5.99. The molecule has 0 unspecified atom stereocenters. The number of aliphatic hydroxyl groups is 1. The average molecular weight is 233 g/mol. The van der Waals surface area contributed by atoms with E-state index in [1.807, 2.05) is 25.1 Å². The van der Waals surface area contributed by atoms with E-state index in [0.717, 1.165) is 18.4 Å². The van der Waals surface area contributed by atoms with E-state index in [-0.39, 0.29) is 12.5 Å². The lowest BCUT2D eigenvalue weighted by molar-refractivity contribution is -0.137. The molecule has 0 heterocycles. The minimum absolute atomic E-state index is 0.0238. The van der Waals surface area contributed by atoms with Crippen molar-refractivity contribution < 1.29 is 9.90 Å². The Morgan fingerprint density at radius 3 is 2.71 bits per heavy atom. The van der Waals surface area contributed by atoms with Gasteiger partial charge in [-0.1, -0.05) is 29.8 Å². The van der Waals surface area contributed by atoms with Gasteiger partial charge >= 0.3 is 0 Å². The molecule has 0 saturated heterocycles. The van der Waals surface area contributed by atoms with Crippen LogP contribution in [-0.4, -0.2) is 29.6 Å². The van der Waals surface area contributed by atoms with Crippen molar-refractivity contribution in [1.29, 1.82) is 0 Å². The highest BCUT2D eigenvalue weighted by Crippen LogP contribution is 2.46. The molecule has 3 heteroatoms. The molecule has 0 spiro atoms. The van der Waals surface area contributed by atoms with Crippen LogP contribution in [0, 0.1) is 12.3 Å². The Kier molecular flexibility index (Phi) is 3.20. The topological polar surface area (TPSA) is 40.5 Å². The number of hydrogen-bond acceptors (Lipinski definition) is 2. The Morgan fingerprint density at radius 1 is 1.47 bits per heavy atom. The Hall–Kier alpha value is -1.35. The van der Waals surface area contributed by atoms with Crippen LogP contribution < -0.4 is 0 Å². The van der Waals surface area contributed by atoms with Crippen molar-refractivity contribution in [2.75, 3.05) is 13.7 Å². The minimum atomic E-state index is -0.460. The van der Waals surface area contributed by atoms with E-state index in [1.54, 1.807) is 11.9 Å². The van der Waals surface area contributed by atoms with Crippen LogP contribution >= 0.6 is 0 Å². The lowest BCUT2D eigenvalue weighted by Gasteiger charge is -2.22. The largest absolute Gasteiger partial charge is 0.395 e. The molecule has 0 aliphatic heterocycles. The van der Waals surface area contributed by atoms with Gasteiger partial charge in [-0.2, -0.15) is 0 Å². The van der Waals surface area contributed by atoms with Crippen LogP contribution in [0.2, 0.25) is 0 Å². The average Bonchev–Trinajstić information content (AvgIpc) is 3.09. The fourth-order valence-corrected chi connectivity index (χ4v) is 2.15. The van der Waals surface area contributed by atoms with E-state index in [4.69, 9.17) is 0 Å². The number of nitrogens with zero attached hydrogens (tertiary/aromatic N) is 1. The smallest absolute Gasteiger partial charge is 0.231 e. The molecule has 0 bridgehead atoms. The third-order valence-electron chi connectivity index (χ3n) is 3.46. The number of aryl methyl sites for hydroxylation is 1. The summed E-state index contributed by atoms with van der Waals surface area (Å²) >= 11 is 0. The van der Waals surface area contributed by atoms with Gasteiger partial charge in [0.25, 0.3) is 0 Å². The van der Waals surface area contributed by atoms with Gasteiger partial charge in [0.2, 0.25) is 5.91 Å². The summed E-state index contributed by atoms with van der Waals surface area (Å²) in [6.07, 6.45) is 1.64. The van der Waals surface area contributed by atoms with Gasteiger partial charge in [0, 0.05) is 13.6 Å². The van der Waals surface area contributed by atoms with Crippen LogP contribution in [-0.2, 0) is 11.3 Å². The standard InChI is InChI=1S/C14H19NO2/c1-11-4-3-5-12(8-11)9-15(2)13(17)14(10-16)6-7-14/h3-5,8,16H,6-7,9-10H2,1-2H3. The van der Waals surface area contributed by atoms with Gasteiger partial charge in [0.05, 0.1) is 12.0 Å². The summed E-state index contributed by atoms with van der Waals surface area (Å²) in [7, 11) is 1.81. The van der Waals surface area contributed by atoms with Gasteiger partial charge in [-0.3, -0.25) is 4.79 Å². The molecule has 17 heavy (non-hydrogen) atoms. The third-order valence-corrected chi connectivity index (χ3v) is 3.46. The molecule has 1 aromatic carbocycles. The summed E-state index contributed by atoms with van der Waals surface area (Å²) in [4.78, 5) is 13.8. The van der Waals surface area contributed by atoms with E-state index < -0.39 is 5.41 Å². The van der Waals surface area contributed by atoms with Crippen LogP contribution in [0.3, 0.4) is 0 Å². The molecule has 0 aromatic heterocycles. The first-order valence-electron chi connectivity index (χ1n) is 5.99. The molecule has 0 radical (unpaired) electrons. The summed E-state index contributed by atoms with van der Waals surface area (Å²) in [5.41, 5.74) is 1.87. The van der Waals surface area contributed by atoms with Crippen molar-refractivity contribution in [3.63, 3.8) is 0 Å². The first-order chi connectivity index (χ1) is 8.07. The van der Waals surface area contributed by atoms with Crippen molar-refractivity contribution >= 4 is 5.91 Å². The summed E-state index contributed by atoms with van der Waals surface area (Å²) in [5.74, 6) is 0.0708. The molecule has 1 N–H and O–H groups in total. The number of carbonyl (C=O) groups excluding carboxylic acids is 1. The maximum Gasteiger partial charge on any atom is 0.231 e. The maximum absolute atomic E-state index is 12.1. The summed E-state index contributed by atoms with van der Waals surface area (Å²) in [6, 6.07) is 8.15. The van der Waals surface area contributed by atoms with Gasteiger partial charge in [-0.25, -0.2) is 0 Å². The molecule has 1 aromatic rings.